The molecule has 72 valence electrons. The lowest BCUT2D eigenvalue weighted by molar-refractivity contribution is -0.126. The van der Waals surface area contributed by atoms with Crippen molar-refractivity contribution in [1.82, 2.24) is 0 Å². The van der Waals surface area contributed by atoms with Crippen molar-refractivity contribution in [3.8, 4) is 0 Å². The minimum Gasteiger partial charge on any atom is -0.496 e. The van der Waals surface area contributed by atoms with E-state index in [1.807, 2.05) is 0 Å². The number of hydrogen-bond donors (Lipinski definition) is 0. The van der Waals surface area contributed by atoms with E-state index >= 15 is 0 Å². The number of carbonyl (C=O) groups excluding carboxylic acids is 1. The molecule has 0 aromatic rings. The van der Waals surface area contributed by atoms with Crippen molar-refractivity contribution in [2.24, 2.45) is 11.8 Å². The molecule has 0 N–H and O–H groups in total. The second-order valence-electron chi connectivity index (χ2n) is 4.03. The van der Waals surface area contributed by atoms with Crippen molar-refractivity contribution in [2.75, 3.05) is 0 Å². The van der Waals surface area contributed by atoms with E-state index < -0.39 is 0 Å². The molecule has 1 aliphatic heterocycles. The number of allylic oxidation sites excluding steroid dienone is 1. The third-order valence-corrected chi connectivity index (χ3v) is 3.55. The molecule has 3 unspecified atom stereocenters. The van der Waals surface area contributed by atoms with E-state index in [1.54, 1.807) is 6.26 Å². The first-order valence-electron chi connectivity index (χ1n) is 4.74. The molecule has 2 rings (SSSR count). The van der Waals surface area contributed by atoms with Crippen LogP contribution in [0.5, 0.6) is 0 Å². The van der Waals surface area contributed by atoms with Gasteiger partial charge in [-0.2, -0.15) is 0 Å². The Labute approximate surface area is 86.5 Å². The van der Waals surface area contributed by atoms with Gasteiger partial charge in [-0.15, -0.1) is 0 Å². The zero-order chi connectivity index (χ0) is 9.42. The lowest BCUT2D eigenvalue weighted by Gasteiger charge is -2.35. The van der Waals surface area contributed by atoms with Crippen LogP contribution in [0, 0.1) is 11.8 Å². The molecular weight excluding hydrogens is 232 g/mol. The molecule has 1 aliphatic carbocycles. The van der Waals surface area contributed by atoms with Crippen LogP contribution in [-0.4, -0.2) is 11.9 Å². The van der Waals surface area contributed by atoms with E-state index in [-0.39, 0.29) is 17.8 Å². The molecule has 3 heteroatoms. The molecular formula is C10H13BrO2. The Morgan fingerprint density at radius 3 is 3.08 bits per heavy atom. The minimum absolute atomic E-state index is 0.100. The van der Waals surface area contributed by atoms with Gasteiger partial charge in [-0.1, -0.05) is 6.92 Å². The van der Waals surface area contributed by atoms with E-state index in [2.05, 4.69) is 22.9 Å². The fourth-order valence-corrected chi connectivity index (χ4v) is 2.58. The van der Waals surface area contributed by atoms with Crippen molar-refractivity contribution in [3.63, 3.8) is 0 Å². The second-order valence-corrected chi connectivity index (χ2v) is 4.88. The molecule has 0 radical (unpaired) electrons. The summed E-state index contributed by atoms with van der Waals surface area (Å²) in [4.78, 5) is 11.7. The molecule has 3 atom stereocenters. The number of hydrogen-bond acceptors (Lipinski definition) is 2. The summed E-state index contributed by atoms with van der Waals surface area (Å²) in [5.74, 6) is 0.984. The highest BCUT2D eigenvalue weighted by molar-refractivity contribution is 9.12. The number of ketones is 1. The van der Waals surface area contributed by atoms with Crippen LogP contribution in [0.4, 0.5) is 0 Å². The number of ether oxygens (including phenoxy) is 1. The van der Waals surface area contributed by atoms with Gasteiger partial charge in [0.15, 0.2) is 5.78 Å². The van der Waals surface area contributed by atoms with Crippen molar-refractivity contribution in [3.05, 3.63) is 10.7 Å². The zero-order valence-electron chi connectivity index (χ0n) is 7.63. The molecule has 2 aliphatic rings. The van der Waals surface area contributed by atoms with Crippen LogP contribution < -0.4 is 0 Å². The Hall–Kier alpha value is -0.310. The monoisotopic (exact) mass is 244 g/mol. The molecule has 0 amide bonds. The van der Waals surface area contributed by atoms with Crippen LogP contribution >= 0.6 is 15.9 Å². The van der Waals surface area contributed by atoms with Crippen molar-refractivity contribution in [1.29, 1.82) is 0 Å². The maximum absolute atomic E-state index is 11.7. The fourth-order valence-electron chi connectivity index (χ4n) is 2.17. The number of rotatable bonds is 0. The summed E-state index contributed by atoms with van der Waals surface area (Å²) in [7, 11) is 0. The highest BCUT2D eigenvalue weighted by atomic mass is 79.9. The summed E-state index contributed by atoms with van der Waals surface area (Å²) in [6, 6.07) is 0. The Bertz CT molecular complexity index is 260. The van der Waals surface area contributed by atoms with Crippen molar-refractivity contribution < 1.29 is 9.53 Å². The van der Waals surface area contributed by atoms with Crippen LogP contribution in [0.2, 0.25) is 0 Å². The van der Waals surface area contributed by atoms with Gasteiger partial charge in [0.05, 0.1) is 10.4 Å². The first-order valence-corrected chi connectivity index (χ1v) is 5.53. The summed E-state index contributed by atoms with van der Waals surface area (Å²) in [6.07, 6.45) is 4.88. The maximum Gasteiger partial charge on any atom is 0.179 e. The average molecular weight is 245 g/mol. The maximum atomic E-state index is 11.7. The van der Waals surface area contributed by atoms with E-state index in [9.17, 15) is 4.79 Å². The van der Waals surface area contributed by atoms with Crippen molar-refractivity contribution in [2.45, 2.75) is 32.3 Å². The van der Waals surface area contributed by atoms with Crippen molar-refractivity contribution >= 4 is 21.7 Å². The number of fused-ring (bicyclic) bond motifs is 1. The van der Waals surface area contributed by atoms with Crippen LogP contribution in [0.1, 0.15) is 26.2 Å². The third kappa shape index (κ3) is 1.66. The molecule has 0 aromatic carbocycles. The van der Waals surface area contributed by atoms with E-state index in [4.69, 9.17) is 4.74 Å². The zero-order valence-corrected chi connectivity index (χ0v) is 9.21. The Kier molecular flexibility index (Phi) is 2.45. The van der Waals surface area contributed by atoms with Gasteiger partial charge < -0.3 is 4.74 Å². The second kappa shape index (κ2) is 3.45. The summed E-state index contributed by atoms with van der Waals surface area (Å²) in [5.41, 5.74) is 0. The molecule has 1 saturated carbocycles. The van der Waals surface area contributed by atoms with Crippen LogP contribution in [-0.2, 0) is 9.53 Å². The number of halogens is 1. The normalized spacial score (nSPS) is 39.1. The van der Waals surface area contributed by atoms with Gasteiger partial charge in [-0.05, 0) is 41.1 Å². The Morgan fingerprint density at radius 2 is 2.31 bits per heavy atom. The Morgan fingerprint density at radius 1 is 1.54 bits per heavy atom. The summed E-state index contributed by atoms with van der Waals surface area (Å²) in [5, 5.41) is 0. The average Bonchev–Trinajstić information content (AvgIpc) is 2.12. The largest absolute Gasteiger partial charge is 0.496 e. The van der Waals surface area contributed by atoms with Crippen LogP contribution in [0.25, 0.3) is 0 Å². The predicted molar refractivity (Wildman–Crippen MR) is 53.4 cm³/mol. The molecule has 0 aromatic heterocycles. The summed E-state index contributed by atoms with van der Waals surface area (Å²) < 4.78 is 6.08. The van der Waals surface area contributed by atoms with Gasteiger partial charge in [0.1, 0.15) is 12.4 Å². The summed E-state index contributed by atoms with van der Waals surface area (Å²) >= 11 is 3.22. The number of Topliss-reactive ketones (excluding diaryl/α,β-unsaturated/α-hetero) is 1. The molecule has 0 bridgehead atoms. The van der Waals surface area contributed by atoms with Crippen LogP contribution in [0.3, 0.4) is 0 Å². The summed E-state index contributed by atoms with van der Waals surface area (Å²) in [6.45, 7) is 2.20. The Balaban J connectivity index is 2.17. The van der Waals surface area contributed by atoms with Gasteiger partial charge in [0.25, 0.3) is 0 Å². The molecule has 1 fully saturated rings. The molecule has 0 spiro atoms. The van der Waals surface area contributed by atoms with Gasteiger partial charge in [-0.25, -0.2) is 0 Å². The number of carbonyl (C=O) groups is 1. The van der Waals surface area contributed by atoms with E-state index in [1.165, 1.54) is 6.42 Å². The standard InChI is InChI=1S/C10H13BrO2/c1-6-2-3-9-7(4-6)10(12)8(11)5-13-9/h5-7,9H,2-4H2,1H3. The first-order chi connectivity index (χ1) is 6.18. The van der Waals surface area contributed by atoms with Crippen LogP contribution in [0.15, 0.2) is 10.7 Å². The third-order valence-electron chi connectivity index (χ3n) is 2.97. The van der Waals surface area contributed by atoms with Gasteiger partial charge in [0.2, 0.25) is 0 Å². The van der Waals surface area contributed by atoms with Gasteiger partial charge >= 0.3 is 0 Å². The van der Waals surface area contributed by atoms with Gasteiger partial charge in [-0.3, -0.25) is 4.79 Å². The highest BCUT2D eigenvalue weighted by Gasteiger charge is 2.38. The van der Waals surface area contributed by atoms with Gasteiger partial charge in [0, 0.05) is 0 Å². The molecule has 0 saturated heterocycles. The smallest absolute Gasteiger partial charge is 0.179 e. The molecule has 13 heavy (non-hydrogen) atoms. The lowest BCUT2D eigenvalue weighted by atomic mass is 9.77. The SMILES string of the molecule is CC1CCC2OC=C(Br)C(=O)C2C1. The highest BCUT2D eigenvalue weighted by Crippen LogP contribution is 2.36. The topological polar surface area (TPSA) is 26.3 Å². The molecule has 2 nitrogen and oxygen atoms in total. The van der Waals surface area contributed by atoms with E-state index in [0.29, 0.717) is 10.4 Å². The minimum atomic E-state index is 0.100. The lowest BCUT2D eigenvalue weighted by Crippen LogP contribution is -2.38. The van der Waals surface area contributed by atoms with E-state index in [0.717, 1.165) is 12.8 Å². The fraction of sp³-hybridized carbons (Fsp3) is 0.700. The quantitative estimate of drug-likeness (QED) is 0.655. The molecule has 1 heterocycles. The first kappa shape index (κ1) is 9.25. The predicted octanol–water partition coefficient (Wildman–Crippen LogP) is 2.63.